The summed E-state index contributed by atoms with van der Waals surface area (Å²) < 4.78 is 5.25. The molecular weight excluding hydrogens is 202 g/mol. The summed E-state index contributed by atoms with van der Waals surface area (Å²) in [7, 11) is 0. The molecule has 1 atom stereocenters. The highest BCUT2D eigenvalue weighted by Gasteiger charge is 2.28. The number of carbonyl (C=O) groups excluding carboxylic acids is 1. The summed E-state index contributed by atoms with van der Waals surface area (Å²) in [5.41, 5.74) is 5.87. The van der Waals surface area contributed by atoms with Gasteiger partial charge in [-0.25, -0.2) is 0 Å². The molecule has 1 fully saturated rings. The molecule has 0 aromatic heterocycles. The van der Waals surface area contributed by atoms with E-state index in [1.54, 1.807) is 0 Å². The molecule has 94 valence electrons. The topological polar surface area (TPSA) is 52.3 Å². The summed E-state index contributed by atoms with van der Waals surface area (Å²) >= 11 is 0. The van der Waals surface area contributed by atoms with Crippen molar-refractivity contribution in [2.45, 2.75) is 58.4 Å². The second kappa shape index (κ2) is 6.89. The Labute approximate surface area is 98.7 Å². The van der Waals surface area contributed by atoms with Gasteiger partial charge in [0, 0.05) is 6.04 Å². The summed E-state index contributed by atoms with van der Waals surface area (Å²) in [6, 6.07) is 0.261. The molecule has 0 aromatic rings. The van der Waals surface area contributed by atoms with Crippen LogP contribution in [0.15, 0.2) is 0 Å². The van der Waals surface area contributed by atoms with Gasteiger partial charge in [-0.3, -0.25) is 4.79 Å². The van der Waals surface area contributed by atoms with Crippen LogP contribution in [0.4, 0.5) is 0 Å². The summed E-state index contributed by atoms with van der Waals surface area (Å²) in [6.07, 6.45) is 6.11. The molecule has 3 nitrogen and oxygen atoms in total. The standard InChI is InChI=1S/C13H25NO2/c1-3-4-9-16-13(15)12-7-5-11(6-8-12)10(2)14/h10-12H,3-9,14H2,1-2H3/t10?,11-,12+. The van der Waals surface area contributed by atoms with Gasteiger partial charge in [-0.05, 0) is 44.9 Å². The maximum absolute atomic E-state index is 11.7. The molecule has 1 aliphatic rings. The second-order valence-electron chi connectivity index (χ2n) is 4.99. The van der Waals surface area contributed by atoms with Crippen LogP contribution in [-0.4, -0.2) is 18.6 Å². The van der Waals surface area contributed by atoms with Crippen molar-refractivity contribution < 1.29 is 9.53 Å². The zero-order valence-corrected chi connectivity index (χ0v) is 10.6. The van der Waals surface area contributed by atoms with E-state index in [0.29, 0.717) is 12.5 Å². The minimum absolute atomic E-state index is 0.0107. The first-order chi connectivity index (χ1) is 7.65. The zero-order chi connectivity index (χ0) is 12.0. The summed E-state index contributed by atoms with van der Waals surface area (Å²) in [6.45, 7) is 4.74. The van der Waals surface area contributed by atoms with Gasteiger partial charge in [0.05, 0.1) is 12.5 Å². The monoisotopic (exact) mass is 227 g/mol. The fraction of sp³-hybridized carbons (Fsp3) is 0.923. The first-order valence-electron chi connectivity index (χ1n) is 6.57. The third-order valence-corrected chi connectivity index (χ3v) is 3.59. The van der Waals surface area contributed by atoms with Crippen molar-refractivity contribution in [2.75, 3.05) is 6.61 Å². The number of rotatable bonds is 5. The quantitative estimate of drug-likeness (QED) is 0.580. The van der Waals surface area contributed by atoms with E-state index < -0.39 is 0 Å². The Balaban J connectivity index is 2.22. The SMILES string of the molecule is CCCCOC(=O)[C@H]1CC[C@@H](C(C)N)CC1. The summed E-state index contributed by atoms with van der Waals surface area (Å²) in [5.74, 6) is 0.739. The number of unbranched alkanes of at least 4 members (excludes halogenated alkanes) is 1. The van der Waals surface area contributed by atoms with Crippen LogP contribution in [0.2, 0.25) is 0 Å². The lowest BCUT2D eigenvalue weighted by atomic mass is 9.79. The van der Waals surface area contributed by atoms with Crippen molar-refractivity contribution in [2.24, 2.45) is 17.6 Å². The van der Waals surface area contributed by atoms with Gasteiger partial charge < -0.3 is 10.5 Å². The summed E-state index contributed by atoms with van der Waals surface area (Å²) in [5, 5.41) is 0. The van der Waals surface area contributed by atoms with Crippen molar-refractivity contribution in [1.82, 2.24) is 0 Å². The highest BCUT2D eigenvalue weighted by molar-refractivity contribution is 5.72. The van der Waals surface area contributed by atoms with Crippen LogP contribution in [-0.2, 0) is 9.53 Å². The lowest BCUT2D eigenvalue weighted by Gasteiger charge is -2.29. The average molecular weight is 227 g/mol. The Kier molecular flexibility index (Phi) is 5.81. The fourth-order valence-corrected chi connectivity index (χ4v) is 2.32. The zero-order valence-electron chi connectivity index (χ0n) is 10.6. The van der Waals surface area contributed by atoms with Gasteiger partial charge in [0.1, 0.15) is 0 Å². The number of nitrogens with two attached hydrogens (primary N) is 1. The third kappa shape index (κ3) is 4.12. The van der Waals surface area contributed by atoms with Crippen molar-refractivity contribution >= 4 is 5.97 Å². The molecule has 3 heteroatoms. The van der Waals surface area contributed by atoms with E-state index in [0.717, 1.165) is 38.5 Å². The molecule has 0 bridgehead atoms. The second-order valence-corrected chi connectivity index (χ2v) is 4.99. The first kappa shape index (κ1) is 13.5. The van der Waals surface area contributed by atoms with E-state index in [1.807, 2.05) is 0 Å². The molecule has 1 saturated carbocycles. The number of ether oxygens (including phenoxy) is 1. The lowest BCUT2D eigenvalue weighted by molar-refractivity contribution is -0.150. The van der Waals surface area contributed by atoms with Crippen LogP contribution in [0.5, 0.6) is 0 Å². The van der Waals surface area contributed by atoms with E-state index in [1.165, 1.54) is 0 Å². The lowest BCUT2D eigenvalue weighted by Crippen LogP contribution is -2.32. The normalized spacial score (nSPS) is 27.4. The molecule has 1 aliphatic carbocycles. The highest BCUT2D eigenvalue weighted by Crippen LogP contribution is 2.30. The minimum atomic E-state index is 0.0107. The van der Waals surface area contributed by atoms with Gasteiger partial charge in [-0.15, -0.1) is 0 Å². The molecule has 1 unspecified atom stereocenters. The van der Waals surface area contributed by atoms with Gasteiger partial charge >= 0.3 is 5.97 Å². The number of hydrogen-bond acceptors (Lipinski definition) is 3. The van der Waals surface area contributed by atoms with E-state index in [4.69, 9.17) is 10.5 Å². The Hall–Kier alpha value is -0.570. The van der Waals surface area contributed by atoms with Gasteiger partial charge in [-0.1, -0.05) is 13.3 Å². The maximum atomic E-state index is 11.7. The Morgan fingerprint density at radius 1 is 1.38 bits per heavy atom. The molecule has 0 aliphatic heterocycles. The van der Waals surface area contributed by atoms with Gasteiger partial charge in [-0.2, -0.15) is 0 Å². The Morgan fingerprint density at radius 3 is 2.50 bits per heavy atom. The molecule has 0 spiro atoms. The number of esters is 1. The van der Waals surface area contributed by atoms with E-state index in [2.05, 4.69) is 13.8 Å². The molecule has 16 heavy (non-hydrogen) atoms. The summed E-state index contributed by atoms with van der Waals surface area (Å²) in [4.78, 5) is 11.7. The first-order valence-corrected chi connectivity index (χ1v) is 6.57. The van der Waals surface area contributed by atoms with Crippen molar-refractivity contribution in [3.8, 4) is 0 Å². The molecule has 0 aromatic carbocycles. The van der Waals surface area contributed by atoms with Gasteiger partial charge in [0.25, 0.3) is 0 Å². The Bertz CT molecular complexity index is 208. The minimum Gasteiger partial charge on any atom is -0.465 e. The van der Waals surface area contributed by atoms with Crippen molar-refractivity contribution in [3.63, 3.8) is 0 Å². The predicted molar refractivity (Wildman–Crippen MR) is 65.0 cm³/mol. The van der Waals surface area contributed by atoms with Gasteiger partial charge in [0.15, 0.2) is 0 Å². The largest absolute Gasteiger partial charge is 0.465 e. The van der Waals surface area contributed by atoms with Crippen LogP contribution in [0.3, 0.4) is 0 Å². The predicted octanol–water partition coefficient (Wildman–Crippen LogP) is 2.48. The van der Waals surface area contributed by atoms with Crippen molar-refractivity contribution in [1.29, 1.82) is 0 Å². The molecule has 0 amide bonds. The van der Waals surface area contributed by atoms with Crippen molar-refractivity contribution in [3.05, 3.63) is 0 Å². The van der Waals surface area contributed by atoms with Crippen LogP contribution in [0.1, 0.15) is 52.4 Å². The van der Waals surface area contributed by atoms with Crippen LogP contribution in [0.25, 0.3) is 0 Å². The smallest absolute Gasteiger partial charge is 0.308 e. The molecule has 0 radical (unpaired) electrons. The highest BCUT2D eigenvalue weighted by atomic mass is 16.5. The van der Waals surface area contributed by atoms with E-state index >= 15 is 0 Å². The molecular formula is C13H25NO2. The van der Waals surface area contributed by atoms with Crippen LogP contribution < -0.4 is 5.73 Å². The van der Waals surface area contributed by atoms with E-state index in [9.17, 15) is 4.79 Å². The molecule has 2 N–H and O–H groups in total. The van der Waals surface area contributed by atoms with Crippen LogP contribution in [0, 0.1) is 11.8 Å². The third-order valence-electron chi connectivity index (χ3n) is 3.59. The molecule has 0 saturated heterocycles. The van der Waals surface area contributed by atoms with Gasteiger partial charge in [0.2, 0.25) is 0 Å². The molecule has 0 heterocycles. The average Bonchev–Trinajstić information content (AvgIpc) is 2.29. The maximum Gasteiger partial charge on any atom is 0.308 e. The Morgan fingerprint density at radius 2 is 2.00 bits per heavy atom. The fourth-order valence-electron chi connectivity index (χ4n) is 2.32. The van der Waals surface area contributed by atoms with Crippen LogP contribution >= 0.6 is 0 Å². The molecule has 1 rings (SSSR count). The number of carbonyl (C=O) groups is 1. The number of hydrogen-bond donors (Lipinski definition) is 1. The van der Waals surface area contributed by atoms with E-state index in [-0.39, 0.29) is 17.9 Å².